The standard InChI is InChI=1S/C22H20N2O2S/c25-18(16-26-19-11-5-2-6-12-19)15-24-20-13-7-8-14-21(20)27-22(24)23-17-9-3-1-4-10-17/h1-14,18,25H,15-16H2/t18-/m1/s1. The molecule has 0 amide bonds. The zero-order valence-corrected chi connectivity index (χ0v) is 15.5. The minimum absolute atomic E-state index is 0.228. The first-order valence-electron chi connectivity index (χ1n) is 8.84. The van der Waals surface area contributed by atoms with Crippen molar-refractivity contribution < 1.29 is 9.84 Å². The molecule has 136 valence electrons. The van der Waals surface area contributed by atoms with E-state index in [2.05, 4.69) is 16.7 Å². The predicted molar refractivity (Wildman–Crippen MR) is 109 cm³/mol. The Hall–Kier alpha value is -2.89. The molecule has 0 saturated heterocycles. The van der Waals surface area contributed by atoms with Crippen LogP contribution >= 0.6 is 11.3 Å². The van der Waals surface area contributed by atoms with Gasteiger partial charge >= 0.3 is 0 Å². The van der Waals surface area contributed by atoms with E-state index in [0.717, 1.165) is 26.5 Å². The number of aromatic nitrogens is 1. The van der Waals surface area contributed by atoms with Gasteiger partial charge in [-0.15, -0.1) is 0 Å². The van der Waals surface area contributed by atoms with Gasteiger partial charge in [0, 0.05) is 0 Å². The summed E-state index contributed by atoms with van der Waals surface area (Å²) in [4.78, 5) is 5.64. The van der Waals surface area contributed by atoms with Crippen LogP contribution in [0.25, 0.3) is 10.2 Å². The third kappa shape index (κ3) is 4.27. The predicted octanol–water partition coefficient (Wildman–Crippen LogP) is 4.38. The Morgan fingerprint density at radius 3 is 2.33 bits per heavy atom. The maximum atomic E-state index is 10.5. The van der Waals surface area contributed by atoms with Crippen molar-refractivity contribution in [3.05, 3.63) is 89.7 Å². The van der Waals surface area contributed by atoms with Gasteiger partial charge in [-0.05, 0) is 36.4 Å². The third-order valence-corrected chi connectivity index (χ3v) is 5.21. The normalized spacial score (nSPS) is 13.0. The van der Waals surface area contributed by atoms with Crippen molar-refractivity contribution in [3.8, 4) is 5.75 Å². The number of aliphatic hydroxyl groups is 1. The monoisotopic (exact) mass is 376 g/mol. The van der Waals surface area contributed by atoms with Crippen molar-refractivity contribution in [2.45, 2.75) is 12.6 Å². The fourth-order valence-electron chi connectivity index (χ4n) is 2.87. The van der Waals surface area contributed by atoms with Crippen molar-refractivity contribution in [2.75, 3.05) is 6.61 Å². The van der Waals surface area contributed by atoms with Crippen LogP contribution in [0.5, 0.6) is 5.75 Å². The van der Waals surface area contributed by atoms with Crippen LogP contribution in [-0.4, -0.2) is 22.4 Å². The molecule has 4 aromatic rings. The van der Waals surface area contributed by atoms with E-state index in [1.54, 1.807) is 11.3 Å². The van der Waals surface area contributed by atoms with Crippen LogP contribution in [0.2, 0.25) is 0 Å². The van der Waals surface area contributed by atoms with Gasteiger partial charge in [0.25, 0.3) is 0 Å². The fourth-order valence-corrected chi connectivity index (χ4v) is 3.93. The van der Waals surface area contributed by atoms with Gasteiger partial charge in [0.1, 0.15) is 18.5 Å². The molecule has 0 bridgehead atoms. The number of hydrogen-bond acceptors (Lipinski definition) is 4. The average molecular weight is 376 g/mol. The Balaban J connectivity index is 1.62. The van der Waals surface area contributed by atoms with Gasteiger partial charge in [0.2, 0.25) is 0 Å². The molecule has 1 aromatic heterocycles. The molecular formula is C22H20N2O2S. The van der Waals surface area contributed by atoms with E-state index in [-0.39, 0.29) is 6.61 Å². The summed E-state index contributed by atoms with van der Waals surface area (Å²) in [5, 5.41) is 10.5. The van der Waals surface area contributed by atoms with E-state index in [1.807, 2.05) is 72.8 Å². The van der Waals surface area contributed by atoms with E-state index in [9.17, 15) is 5.11 Å². The first-order chi connectivity index (χ1) is 13.3. The quantitative estimate of drug-likeness (QED) is 0.543. The number of benzene rings is 3. The number of thiazole rings is 1. The second kappa shape index (κ2) is 8.20. The second-order valence-corrected chi connectivity index (χ2v) is 7.20. The molecule has 0 saturated carbocycles. The van der Waals surface area contributed by atoms with E-state index in [4.69, 9.17) is 9.73 Å². The maximum absolute atomic E-state index is 10.5. The zero-order valence-electron chi connectivity index (χ0n) is 14.7. The van der Waals surface area contributed by atoms with Crippen molar-refractivity contribution >= 4 is 27.2 Å². The summed E-state index contributed by atoms with van der Waals surface area (Å²) in [6.45, 7) is 0.647. The summed E-state index contributed by atoms with van der Waals surface area (Å²) in [5.41, 5.74) is 1.96. The molecule has 1 atom stereocenters. The molecule has 0 spiro atoms. The van der Waals surface area contributed by atoms with Crippen molar-refractivity contribution in [2.24, 2.45) is 4.99 Å². The van der Waals surface area contributed by atoms with Crippen molar-refractivity contribution in [1.82, 2.24) is 4.57 Å². The lowest BCUT2D eigenvalue weighted by molar-refractivity contribution is 0.0929. The molecule has 4 nitrogen and oxygen atoms in total. The number of para-hydroxylation sites is 3. The molecule has 0 radical (unpaired) electrons. The number of nitrogens with zero attached hydrogens (tertiary/aromatic N) is 2. The van der Waals surface area contributed by atoms with Gasteiger partial charge in [-0.25, -0.2) is 4.99 Å². The average Bonchev–Trinajstić information content (AvgIpc) is 3.05. The van der Waals surface area contributed by atoms with Crippen LogP contribution in [-0.2, 0) is 6.54 Å². The first-order valence-corrected chi connectivity index (χ1v) is 9.65. The Bertz CT molecular complexity index is 1070. The number of aliphatic hydroxyl groups excluding tert-OH is 1. The molecule has 0 aliphatic heterocycles. The van der Waals surface area contributed by atoms with Gasteiger partial charge in [0.15, 0.2) is 4.80 Å². The van der Waals surface area contributed by atoms with Crippen LogP contribution in [0, 0.1) is 0 Å². The number of rotatable bonds is 6. The Labute approximate surface area is 161 Å². The molecule has 3 aromatic carbocycles. The zero-order chi connectivity index (χ0) is 18.5. The summed E-state index contributed by atoms with van der Waals surface area (Å²) in [6, 6.07) is 27.6. The molecule has 0 fully saturated rings. The second-order valence-electron chi connectivity index (χ2n) is 6.19. The van der Waals surface area contributed by atoms with Crippen molar-refractivity contribution in [1.29, 1.82) is 0 Å². The van der Waals surface area contributed by atoms with Gasteiger partial charge in [-0.3, -0.25) is 0 Å². The van der Waals surface area contributed by atoms with Gasteiger partial charge < -0.3 is 14.4 Å². The highest BCUT2D eigenvalue weighted by Crippen LogP contribution is 2.19. The van der Waals surface area contributed by atoms with E-state index >= 15 is 0 Å². The number of ether oxygens (including phenoxy) is 1. The van der Waals surface area contributed by atoms with E-state index in [0.29, 0.717) is 6.54 Å². The molecule has 0 aliphatic rings. The summed E-state index contributed by atoms with van der Waals surface area (Å²) in [5.74, 6) is 0.755. The lowest BCUT2D eigenvalue weighted by Gasteiger charge is -2.14. The molecule has 5 heteroatoms. The first kappa shape index (κ1) is 17.5. The Morgan fingerprint density at radius 1 is 0.889 bits per heavy atom. The molecule has 1 heterocycles. The molecule has 4 rings (SSSR count). The third-order valence-electron chi connectivity index (χ3n) is 4.15. The summed E-state index contributed by atoms with van der Waals surface area (Å²) in [7, 11) is 0. The highest BCUT2D eigenvalue weighted by Gasteiger charge is 2.12. The van der Waals surface area contributed by atoms with Gasteiger partial charge in [-0.1, -0.05) is 59.9 Å². The van der Waals surface area contributed by atoms with Crippen LogP contribution in [0.3, 0.4) is 0 Å². The van der Waals surface area contributed by atoms with Crippen molar-refractivity contribution in [3.63, 3.8) is 0 Å². The molecular weight excluding hydrogens is 356 g/mol. The number of fused-ring (bicyclic) bond motifs is 1. The Morgan fingerprint density at radius 2 is 1.56 bits per heavy atom. The highest BCUT2D eigenvalue weighted by molar-refractivity contribution is 7.16. The van der Waals surface area contributed by atoms with Crippen LogP contribution < -0.4 is 9.54 Å². The molecule has 0 unspecified atom stereocenters. The highest BCUT2D eigenvalue weighted by atomic mass is 32.1. The topological polar surface area (TPSA) is 46.8 Å². The largest absolute Gasteiger partial charge is 0.491 e. The number of hydrogen-bond donors (Lipinski definition) is 1. The SMILES string of the molecule is O[C@@H](COc1ccccc1)Cn1c(=Nc2ccccc2)sc2ccccc21. The summed E-state index contributed by atoms with van der Waals surface area (Å²) < 4.78 is 8.90. The minimum atomic E-state index is -0.641. The van der Waals surface area contributed by atoms with E-state index < -0.39 is 6.10 Å². The molecule has 0 aliphatic carbocycles. The van der Waals surface area contributed by atoms with Crippen LogP contribution in [0.4, 0.5) is 5.69 Å². The van der Waals surface area contributed by atoms with Gasteiger partial charge in [-0.2, -0.15) is 0 Å². The smallest absolute Gasteiger partial charge is 0.191 e. The fraction of sp³-hybridized carbons (Fsp3) is 0.136. The lowest BCUT2D eigenvalue weighted by Crippen LogP contribution is -2.28. The lowest BCUT2D eigenvalue weighted by atomic mass is 10.3. The molecule has 27 heavy (non-hydrogen) atoms. The minimum Gasteiger partial charge on any atom is -0.491 e. The molecule has 1 N–H and O–H groups in total. The van der Waals surface area contributed by atoms with E-state index in [1.165, 1.54) is 0 Å². The van der Waals surface area contributed by atoms with Gasteiger partial charge in [0.05, 0.1) is 22.4 Å². The van der Waals surface area contributed by atoms with Crippen LogP contribution in [0.1, 0.15) is 0 Å². The summed E-state index contributed by atoms with van der Waals surface area (Å²) >= 11 is 1.62. The summed E-state index contributed by atoms with van der Waals surface area (Å²) in [6.07, 6.45) is -0.641. The van der Waals surface area contributed by atoms with Crippen LogP contribution in [0.15, 0.2) is 89.9 Å². The maximum Gasteiger partial charge on any atom is 0.191 e. The Kier molecular flexibility index (Phi) is 5.32.